The third-order valence-electron chi connectivity index (χ3n) is 0.720. The highest BCUT2D eigenvalue weighted by atomic mass is 127. The fraction of sp³-hybridized carbons (Fsp3) is 0.200. The van der Waals surface area contributed by atoms with Gasteiger partial charge in [-0.25, -0.2) is 4.99 Å². The van der Waals surface area contributed by atoms with Gasteiger partial charge in [-0.15, -0.1) is 0 Å². The summed E-state index contributed by atoms with van der Waals surface area (Å²) in [6.07, 6.45) is 1.91. The number of ether oxygens (including phenoxy) is 1. The van der Waals surface area contributed by atoms with E-state index in [0.717, 1.165) is 5.88 Å². The average Bonchev–Trinajstić information content (AvgIpc) is 1.90. The predicted molar refractivity (Wildman–Crippen MR) is 43.7 cm³/mol. The maximum Gasteiger partial charge on any atom is 0.213 e. The third-order valence-corrected chi connectivity index (χ3v) is 2.09. The van der Waals surface area contributed by atoms with E-state index in [0.29, 0.717) is 0 Å². The Bertz CT molecular complexity index is 160. The monoisotopic (exact) mass is 223 g/mol. The smallest absolute Gasteiger partial charge is 0.213 e. The summed E-state index contributed by atoms with van der Waals surface area (Å²) in [5.41, 5.74) is 0. The molecular weight excluding hydrogens is 217 g/mol. The lowest BCUT2D eigenvalue weighted by atomic mass is 10.7. The number of hydrogen-bond acceptors (Lipinski definition) is 2. The van der Waals surface area contributed by atoms with E-state index in [1.807, 2.05) is 10.3 Å². The predicted octanol–water partition coefficient (Wildman–Crippen LogP) is 1.29. The van der Waals surface area contributed by atoms with Crippen molar-refractivity contribution in [2.75, 3.05) is 7.11 Å². The van der Waals surface area contributed by atoms with Crippen LogP contribution in [0, 0.1) is 0 Å². The van der Waals surface area contributed by atoms with Crippen LogP contribution in [0.15, 0.2) is 17.0 Å². The van der Waals surface area contributed by atoms with Crippen LogP contribution in [-0.4, -0.2) is 15.3 Å². The summed E-state index contributed by atoms with van der Waals surface area (Å²) in [7, 11) is 1.63. The Balaban J connectivity index is 2.68. The van der Waals surface area contributed by atoms with Crippen molar-refractivity contribution < 1.29 is 4.74 Å². The molecule has 2 nitrogen and oxygen atoms in total. The van der Waals surface area contributed by atoms with Gasteiger partial charge in [0.15, 0.2) is 0 Å². The van der Waals surface area contributed by atoms with E-state index in [1.165, 1.54) is 0 Å². The minimum atomic E-state index is 0.108. The molecule has 1 aliphatic heterocycles. The largest absolute Gasteiger partial charge is 0.481 e. The number of aliphatic imine (C=N–C) groups is 1. The van der Waals surface area contributed by atoms with Crippen molar-refractivity contribution in [3.05, 3.63) is 12.0 Å². The lowest BCUT2D eigenvalue weighted by Gasteiger charge is -1.97. The number of hydrogen-bond donors (Lipinski definition) is 0. The standard InChI is InChI=1S/C5H6INO/c1-8-5-2-3-6-4-7-5/h2-4H,1H3. The molecule has 0 aliphatic carbocycles. The van der Waals surface area contributed by atoms with E-state index in [4.69, 9.17) is 4.74 Å². The van der Waals surface area contributed by atoms with E-state index >= 15 is 0 Å². The highest BCUT2D eigenvalue weighted by Gasteiger charge is 1.88. The Labute approximate surface area is 58.0 Å². The number of rotatable bonds is 1. The van der Waals surface area contributed by atoms with Crippen LogP contribution in [0.3, 0.4) is 0 Å². The zero-order valence-corrected chi connectivity index (χ0v) is 6.62. The summed E-state index contributed by atoms with van der Waals surface area (Å²) < 4.78 is 8.88. The minimum Gasteiger partial charge on any atom is -0.481 e. The van der Waals surface area contributed by atoms with Crippen LogP contribution in [0.4, 0.5) is 0 Å². The molecule has 0 N–H and O–H groups in total. The fourth-order valence-electron chi connectivity index (χ4n) is 0.363. The molecule has 0 saturated heterocycles. The molecule has 0 aromatic carbocycles. The average molecular weight is 223 g/mol. The first-order chi connectivity index (χ1) is 3.93. The molecule has 1 aliphatic rings. The molecule has 0 aromatic heterocycles. The molecular formula is C5H6INO. The molecule has 44 valence electrons. The SMILES string of the molecule is COC1=CC=IC=N1. The number of methoxy groups -OCH3 is 1. The van der Waals surface area contributed by atoms with E-state index < -0.39 is 0 Å². The van der Waals surface area contributed by atoms with Gasteiger partial charge in [-0.2, -0.15) is 0 Å². The summed E-state index contributed by atoms with van der Waals surface area (Å²) in [5, 5.41) is 0. The van der Waals surface area contributed by atoms with E-state index in [1.54, 1.807) is 7.11 Å². The highest BCUT2D eigenvalue weighted by Crippen LogP contribution is 2.03. The van der Waals surface area contributed by atoms with Crippen molar-refractivity contribution in [3.8, 4) is 0 Å². The molecule has 0 spiro atoms. The van der Waals surface area contributed by atoms with Crippen molar-refractivity contribution in [1.82, 2.24) is 0 Å². The van der Waals surface area contributed by atoms with Crippen LogP contribution >= 0.6 is 20.7 Å². The summed E-state index contributed by atoms with van der Waals surface area (Å²) in [6.45, 7) is 0. The first kappa shape index (κ1) is 5.94. The quantitative estimate of drug-likeness (QED) is 0.613. The summed E-state index contributed by atoms with van der Waals surface area (Å²) in [6, 6.07) is 0. The van der Waals surface area contributed by atoms with E-state index in [-0.39, 0.29) is 20.7 Å². The zero-order valence-electron chi connectivity index (χ0n) is 4.47. The van der Waals surface area contributed by atoms with Crippen LogP contribution in [0.5, 0.6) is 0 Å². The first-order valence-electron chi connectivity index (χ1n) is 2.15. The Morgan fingerprint density at radius 1 is 1.75 bits per heavy atom. The van der Waals surface area contributed by atoms with Gasteiger partial charge in [-0.05, 0) is 4.01 Å². The van der Waals surface area contributed by atoms with Gasteiger partial charge in [0.2, 0.25) is 5.88 Å². The lowest BCUT2D eigenvalue weighted by Crippen LogP contribution is -1.84. The van der Waals surface area contributed by atoms with Crippen LogP contribution < -0.4 is 0 Å². The fourth-order valence-corrected chi connectivity index (χ4v) is 1.50. The molecule has 3 heteroatoms. The van der Waals surface area contributed by atoms with Crippen LogP contribution in [0.25, 0.3) is 0 Å². The van der Waals surface area contributed by atoms with Crippen molar-refractivity contribution >= 4 is 29.0 Å². The lowest BCUT2D eigenvalue weighted by molar-refractivity contribution is 0.290. The number of nitrogens with zero attached hydrogens (tertiary/aromatic N) is 1. The van der Waals surface area contributed by atoms with Gasteiger partial charge in [0.25, 0.3) is 0 Å². The second-order valence-electron chi connectivity index (χ2n) is 1.19. The maximum absolute atomic E-state index is 4.84. The molecule has 0 fully saturated rings. The maximum atomic E-state index is 4.84. The Hall–Kier alpha value is -0.190. The van der Waals surface area contributed by atoms with Crippen molar-refractivity contribution in [1.29, 1.82) is 0 Å². The van der Waals surface area contributed by atoms with Crippen LogP contribution in [0.1, 0.15) is 0 Å². The summed E-state index contributed by atoms with van der Waals surface area (Å²) in [5.74, 6) is 0.718. The number of halogens is 1. The molecule has 0 amide bonds. The van der Waals surface area contributed by atoms with Crippen LogP contribution in [0.2, 0.25) is 0 Å². The molecule has 0 radical (unpaired) electrons. The van der Waals surface area contributed by atoms with Gasteiger partial charge in [0, 0.05) is 6.08 Å². The van der Waals surface area contributed by atoms with Gasteiger partial charge in [-0.1, -0.05) is 20.7 Å². The first-order valence-corrected chi connectivity index (χ1v) is 4.64. The van der Waals surface area contributed by atoms with Crippen molar-refractivity contribution in [2.45, 2.75) is 0 Å². The summed E-state index contributed by atoms with van der Waals surface area (Å²) >= 11 is 0.108. The Kier molecular flexibility index (Phi) is 2.20. The van der Waals surface area contributed by atoms with Crippen molar-refractivity contribution in [3.63, 3.8) is 0 Å². The van der Waals surface area contributed by atoms with E-state index in [2.05, 4.69) is 9.00 Å². The van der Waals surface area contributed by atoms with Gasteiger partial charge in [-0.3, -0.25) is 0 Å². The highest BCUT2D eigenvalue weighted by molar-refractivity contribution is 14.2. The Morgan fingerprint density at radius 3 is 3.00 bits per heavy atom. The zero-order chi connectivity index (χ0) is 5.82. The molecule has 1 heterocycles. The molecule has 0 aromatic rings. The second kappa shape index (κ2) is 2.96. The van der Waals surface area contributed by atoms with Crippen LogP contribution in [-0.2, 0) is 4.74 Å². The van der Waals surface area contributed by atoms with Gasteiger partial charge in [0.05, 0.1) is 11.3 Å². The topological polar surface area (TPSA) is 21.6 Å². The van der Waals surface area contributed by atoms with Gasteiger partial charge < -0.3 is 4.74 Å². The molecule has 0 bridgehead atoms. The molecule has 0 saturated carbocycles. The van der Waals surface area contributed by atoms with Gasteiger partial charge >= 0.3 is 0 Å². The third kappa shape index (κ3) is 1.40. The van der Waals surface area contributed by atoms with Crippen molar-refractivity contribution in [2.24, 2.45) is 4.99 Å². The molecule has 1 rings (SSSR count). The molecule has 8 heavy (non-hydrogen) atoms. The van der Waals surface area contributed by atoms with Gasteiger partial charge in [0.1, 0.15) is 0 Å². The van der Waals surface area contributed by atoms with E-state index in [9.17, 15) is 0 Å². The molecule has 0 atom stereocenters. The number of allylic oxidation sites excluding steroid dienone is 1. The second-order valence-corrected chi connectivity index (χ2v) is 3.18. The normalized spacial score (nSPS) is 16.9. The molecule has 0 unspecified atom stereocenters. The minimum absolute atomic E-state index is 0.108. The summed E-state index contributed by atoms with van der Waals surface area (Å²) in [4.78, 5) is 3.98. The Morgan fingerprint density at radius 2 is 2.62 bits per heavy atom.